The zero-order chi connectivity index (χ0) is 16.5. The second-order valence-corrected chi connectivity index (χ2v) is 5.18. The van der Waals surface area contributed by atoms with Crippen LogP contribution in [0, 0.1) is 0 Å². The number of carbonyl (C=O) groups excluding carboxylic acids is 1. The molecule has 0 aliphatic rings. The van der Waals surface area contributed by atoms with Crippen LogP contribution in [0.1, 0.15) is 29.3 Å². The van der Waals surface area contributed by atoms with Crippen LogP contribution in [-0.2, 0) is 6.42 Å². The van der Waals surface area contributed by atoms with E-state index in [0.29, 0.717) is 12.1 Å². The quantitative estimate of drug-likeness (QED) is 0.786. The molecule has 0 saturated heterocycles. The molecule has 2 aromatic rings. The van der Waals surface area contributed by atoms with Crippen LogP contribution in [0.25, 0.3) is 0 Å². The van der Waals surface area contributed by atoms with Crippen LogP contribution < -0.4 is 15.4 Å². The van der Waals surface area contributed by atoms with E-state index in [4.69, 9.17) is 4.74 Å². The fourth-order valence-corrected chi connectivity index (χ4v) is 2.21. The number of nitrogens with one attached hydrogen (secondary N) is 2. The molecule has 0 aliphatic carbocycles. The second kappa shape index (κ2) is 8.78. The molecule has 1 aromatic heterocycles. The van der Waals surface area contributed by atoms with Gasteiger partial charge in [0.2, 0.25) is 0 Å². The molecule has 5 nitrogen and oxygen atoms in total. The monoisotopic (exact) mass is 313 g/mol. The van der Waals surface area contributed by atoms with Gasteiger partial charge in [0.25, 0.3) is 5.91 Å². The zero-order valence-electron chi connectivity index (χ0n) is 13.6. The normalized spacial score (nSPS) is 10.2. The molecule has 0 radical (unpaired) electrons. The van der Waals surface area contributed by atoms with Crippen LogP contribution in [-0.4, -0.2) is 31.1 Å². The predicted molar refractivity (Wildman–Crippen MR) is 92.0 cm³/mol. The van der Waals surface area contributed by atoms with Gasteiger partial charge in [0.1, 0.15) is 11.6 Å². The van der Waals surface area contributed by atoms with E-state index in [2.05, 4.69) is 22.5 Å². The maximum absolute atomic E-state index is 12.1. The molecule has 0 aliphatic heterocycles. The summed E-state index contributed by atoms with van der Waals surface area (Å²) < 4.78 is 5.30. The van der Waals surface area contributed by atoms with Gasteiger partial charge in [-0.1, -0.05) is 25.1 Å². The van der Waals surface area contributed by atoms with Gasteiger partial charge in [-0.05, 0) is 36.6 Å². The summed E-state index contributed by atoms with van der Waals surface area (Å²) in [6.45, 7) is 3.52. The fourth-order valence-electron chi connectivity index (χ4n) is 2.21. The molecule has 2 N–H and O–H groups in total. The molecule has 1 aromatic carbocycles. The van der Waals surface area contributed by atoms with E-state index in [-0.39, 0.29) is 5.91 Å². The average molecular weight is 313 g/mol. The molecule has 23 heavy (non-hydrogen) atoms. The Bertz CT molecular complexity index is 626. The molecule has 0 atom stereocenters. The van der Waals surface area contributed by atoms with Crippen LogP contribution >= 0.6 is 0 Å². The van der Waals surface area contributed by atoms with Crippen LogP contribution in [0.5, 0.6) is 5.75 Å². The van der Waals surface area contributed by atoms with Gasteiger partial charge in [-0.25, -0.2) is 4.98 Å². The summed E-state index contributed by atoms with van der Waals surface area (Å²) in [6.07, 6.45) is 3.35. The molecule has 2 rings (SSSR count). The van der Waals surface area contributed by atoms with Crippen molar-refractivity contribution in [3.63, 3.8) is 0 Å². The van der Waals surface area contributed by atoms with Gasteiger partial charge < -0.3 is 15.4 Å². The van der Waals surface area contributed by atoms with Crippen molar-refractivity contribution in [3.05, 3.63) is 53.7 Å². The summed E-state index contributed by atoms with van der Waals surface area (Å²) in [5.41, 5.74) is 1.64. The van der Waals surface area contributed by atoms with Crippen molar-refractivity contribution in [2.45, 2.75) is 19.8 Å². The maximum atomic E-state index is 12.1. The van der Waals surface area contributed by atoms with E-state index in [1.54, 1.807) is 19.4 Å². The SMILES string of the molecule is CCCNc1ccc(C(=O)NCCc2ccccc2OC)cn1. The smallest absolute Gasteiger partial charge is 0.252 e. The number of benzene rings is 1. The van der Waals surface area contributed by atoms with E-state index >= 15 is 0 Å². The van der Waals surface area contributed by atoms with Gasteiger partial charge in [-0.2, -0.15) is 0 Å². The number of methoxy groups -OCH3 is 1. The fraction of sp³-hybridized carbons (Fsp3) is 0.333. The summed E-state index contributed by atoms with van der Waals surface area (Å²) in [5, 5.41) is 6.09. The van der Waals surface area contributed by atoms with Gasteiger partial charge in [0.05, 0.1) is 12.7 Å². The number of hydrogen-bond donors (Lipinski definition) is 2. The van der Waals surface area contributed by atoms with E-state index in [0.717, 1.165) is 36.5 Å². The number of pyridine rings is 1. The first-order chi connectivity index (χ1) is 11.2. The number of anilines is 1. The molecular weight excluding hydrogens is 290 g/mol. The number of rotatable bonds is 8. The Balaban J connectivity index is 1.84. The molecule has 0 unspecified atom stereocenters. The minimum absolute atomic E-state index is 0.116. The summed E-state index contributed by atoms with van der Waals surface area (Å²) in [4.78, 5) is 16.4. The number of carbonyl (C=O) groups is 1. The third-order valence-electron chi connectivity index (χ3n) is 3.45. The number of ether oxygens (including phenoxy) is 1. The summed E-state index contributed by atoms with van der Waals surface area (Å²) in [6, 6.07) is 11.4. The number of nitrogens with zero attached hydrogens (tertiary/aromatic N) is 1. The third kappa shape index (κ3) is 4.98. The van der Waals surface area contributed by atoms with E-state index in [1.807, 2.05) is 30.3 Å². The van der Waals surface area contributed by atoms with Crippen LogP contribution in [0.4, 0.5) is 5.82 Å². The summed E-state index contributed by atoms with van der Waals surface area (Å²) in [7, 11) is 1.65. The van der Waals surface area contributed by atoms with Crippen molar-refractivity contribution in [2.24, 2.45) is 0 Å². The molecule has 0 bridgehead atoms. The highest BCUT2D eigenvalue weighted by Crippen LogP contribution is 2.17. The molecular formula is C18H23N3O2. The van der Waals surface area contributed by atoms with Crippen LogP contribution in [0.3, 0.4) is 0 Å². The van der Waals surface area contributed by atoms with Crippen molar-refractivity contribution in [1.29, 1.82) is 0 Å². The lowest BCUT2D eigenvalue weighted by atomic mass is 10.1. The molecule has 5 heteroatoms. The van der Waals surface area contributed by atoms with E-state index < -0.39 is 0 Å². The molecule has 0 fully saturated rings. The summed E-state index contributed by atoms with van der Waals surface area (Å²) >= 11 is 0. The van der Waals surface area contributed by atoms with Gasteiger partial charge in [0, 0.05) is 19.3 Å². The Labute approximate surface area is 137 Å². The number of hydrogen-bond acceptors (Lipinski definition) is 4. The first-order valence-electron chi connectivity index (χ1n) is 7.84. The second-order valence-electron chi connectivity index (χ2n) is 5.18. The van der Waals surface area contributed by atoms with Crippen LogP contribution in [0.2, 0.25) is 0 Å². The van der Waals surface area contributed by atoms with Crippen molar-refractivity contribution in [2.75, 3.05) is 25.5 Å². The Morgan fingerprint density at radius 2 is 2.00 bits per heavy atom. The topological polar surface area (TPSA) is 63.2 Å². The third-order valence-corrected chi connectivity index (χ3v) is 3.45. The standard InChI is InChI=1S/C18H23N3O2/c1-3-11-19-17-9-8-15(13-21-17)18(22)20-12-10-14-6-4-5-7-16(14)23-2/h4-9,13H,3,10-12H2,1-2H3,(H,19,21)(H,20,22). The van der Waals surface area contributed by atoms with Gasteiger partial charge in [-0.15, -0.1) is 0 Å². The Morgan fingerprint density at radius 1 is 1.17 bits per heavy atom. The van der Waals surface area contributed by atoms with Gasteiger partial charge in [-0.3, -0.25) is 4.79 Å². The largest absolute Gasteiger partial charge is 0.496 e. The summed E-state index contributed by atoms with van der Waals surface area (Å²) in [5.74, 6) is 1.52. The highest BCUT2D eigenvalue weighted by molar-refractivity contribution is 5.94. The van der Waals surface area contributed by atoms with E-state index in [9.17, 15) is 4.79 Å². The van der Waals surface area contributed by atoms with Crippen molar-refractivity contribution in [1.82, 2.24) is 10.3 Å². The Hall–Kier alpha value is -2.56. The van der Waals surface area contributed by atoms with Crippen molar-refractivity contribution in [3.8, 4) is 5.75 Å². The highest BCUT2D eigenvalue weighted by atomic mass is 16.5. The number of amides is 1. The molecule has 1 heterocycles. The molecule has 1 amide bonds. The lowest BCUT2D eigenvalue weighted by molar-refractivity contribution is 0.0953. The Morgan fingerprint density at radius 3 is 2.70 bits per heavy atom. The maximum Gasteiger partial charge on any atom is 0.252 e. The minimum atomic E-state index is -0.116. The van der Waals surface area contributed by atoms with Gasteiger partial charge >= 0.3 is 0 Å². The highest BCUT2D eigenvalue weighted by Gasteiger charge is 2.07. The van der Waals surface area contributed by atoms with Gasteiger partial charge in [0.15, 0.2) is 0 Å². The number of aromatic nitrogens is 1. The zero-order valence-corrected chi connectivity index (χ0v) is 13.6. The average Bonchev–Trinajstić information content (AvgIpc) is 2.60. The van der Waals surface area contributed by atoms with Crippen molar-refractivity contribution >= 4 is 11.7 Å². The van der Waals surface area contributed by atoms with Crippen molar-refractivity contribution < 1.29 is 9.53 Å². The molecule has 0 saturated carbocycles. The van der Waals surface area contributed by atoms with Crippen LogP contribution in [0.15, 0.2) is 42.6 Å². The number of para-hydroxylation sites is 1. The first kappa shape index (κ1) is 16.8. The molecule has 0 spiro atoms. The lowest BCUT2D eigenvalue weighted by Crippen LogP contribution is -2.26. The Kier molecular flexibility index (Phi) is 6.41. The predicted octanol–water partition coefficient (Wildman–Crippen LogP) is 2.88. The lowest BCUT2D eigenvalue weighted by Gasteiger charge is -2.09. The molecule has 122 valence electrons. The first-order valence-corrected chi connectivity index (χ1v) is 7.84. The van der Waals surface area contributed by atoms with E-state index in [1.165, 1.54) is 0 Å². The minimum Gasteiger partial charge on any atom is -0.496 e.